The molecule has 0 amide bonds. The van der Waals surface area contributed by atoms with E-state index in [0.29, 0.717) is 11.4 Å². The first kappa shape index (κ1) is 16.3. The standard InChI is InChI=1S/C17H18ClNO.ClH/c1-19-11-13-4-2-3-5-15(13)16(19)10-17(20)12-6-8-14(18)9-7-12;/h2-9,16-17,20H,10-11H2,1H3;1H/t16-,17-;/m1./s1. The zero-order valence-electron chi connectivity index (χ0n) is 11.9. The number of aliphatic hydroxyl groups excluding tert-OH is 1. The van der Waals surface area contributed by atoms with Crippen molar-refractivity contribution in [2.45, 2.75) is 25.1 Å². The molecule has 21 heavy (non-hydrogen) atoms. The Labute approximate surface area is 136 Å². The third-order valence-electron chi connectivity index (χ3n) is 4.07. The van der Waals surface area contributed by atoms with Gasteiger partial charge in [-0.3, -0.25) is 4.90 Å². The molecule has 0 aromatic heterocycles. The van der Waals surface area contributed by atoms with E-state index in [4.69, 9.17) is 11.6 Å². The fraction of sp³-hybridized carbons (Fsp3) is 0.294. The van der Waals surface area contributed by atoms with E-state index in [1.807, 2.05) is 24.3 Å². The SMILES string of the molecule is CN1Cc2ccccc2[C@H]1C[C@@H](O)c1ccc(Cl)cc1.Cl. The Balaban J connectivity index is 0.00000161. The molecule has 3 rings (SSSR count). The predicted octanol–water partition coefficient (Wildman–Crippen LogP) is 4.37. The smallest absolute Gasteiger partial charge is 0.0808 e. The van der Waals surface area contributed by atoms with Crippen molar-refractivity contribution in [3.63, 3.8) is 0 Å². The summed E-state index contributed by atoms with van der Waals surface area (Å²) in [5.74, 6) is 0. The van der Waals surface area contributed by atoms with Gasteiger partial charge in [0.15, 0.2) is 0 Å². The quantitative estimate of drug-likeness (QED) is 0.906. The van der Waals surface area contributed by atoms with Gasteiger partial charge in [0, 0.05) is 17.6 Å². The number of rotatable bonds is 3. The molecule has 0 radical (unpaired) electrons. The summed E-state index contributed by atoms with van der Waals surface area (Å²) in [4.78, 5) is 2.30. The van der Waals surface area contributed by atoms with E-state index in [1.54, 1.807) is 0 Å². The highest BCUT2D eigenvalue weighted by Gasteiger charge is 2.29. The van der Waals surface area contributed by atoms with Crippen LogP contribution in [0.15, 0.2) is 48.5 Å². The molecule has 1 N–H and O–H groups in total. The zero-order chi connectivity index (χ0) is 14.1. The van der Waals surface area contributed by atoms with E-state index in [-0.39, 0.29) is 18.4 Å². The van der Waals surface area contributed by atoms with Gasteiger partial charge in [0.2, 0.25) is 0 Å². The number of fused-ring (bicyclic) bond motifs is 1. The number of nitrogens with zero attached hydrogens (tertiary/aromatic N) is 1. The maximum Gasteiger partial charge on any atom is 0.0808 e. The molecule has 2 atom stereocenters. The Bertz CT molecular complexity index is 600. The molecule has 0 fully saturated rings. The van der Waals surface area contributed by atoms with Crippen LogP contribution in [0.2, 0.25) is 5.02 Å². The fourth-order valence-electron chi connectivity index (χ4n) is 2.96. The Hall–Kier alpha value is -1.06. The van der Waals surface area contributed by atoms with Gasteiger partial charge >= 0.3 is 0 Å². The van der Waals surface area contributed by atoms with Crippen LogP contribution in [0.4, 0.5) is 0 Å². The van der Waals surface area contributed by atoms with Crippen LogP contribution in [0, 0.1) is 0 Å². The molecule has 2 aromatic rings. The summed E-state index contributed by atoms with van der Waals surface area (Å²) < 4.78 is 0. The van der Waals surface area contributed by atoms with Crippen LogP contribution >= 0.6 is 24.0 Å². The van der Waals surface area contributed by atoms with Gasteiger partial charge in [-0.15, -0.1) is 12.4 Å². The van der Waals surface area contributed by atoms with Gasteiger partial charge in [-0.2, -0.15) is 0 Å². The molecule has 112 valence electrons. The van der Waals surface area contributed by atoms with Gasteiger partial charge in [0.25, 0.3) is 0 Å². The van der Waals surface area contributed by atoms with Crippen LogP contribution in [0.5, 0.6) is 0 Å². The minimum Gasteiger partial charge on any atom is -0.388 e. The molecule has 0 bridgehead atoms. The lowest BCUT2D eigenvalue weighted by Gasteiger charge is -2.23. The van der Waals surface area contributed by atoms with Crippen molar-refractivity contribution < 1.29 is 5.11 Å². The van der Waals surface area contributed by atoms with Crippen molar-refractivity contribution in [2.75, 3.05) is 7.05 Å². The highest BCUT2D eigenvalue weighted by Crippen LogP contribution is 2.38. The first-order chi connectivity index (χ1) is 9.65. The van der Waals surface area contributed by atoms with Crippen molar-refractivity contribution in [3.8, 4) is 0 Å². The molecular weight excluding hydrogens is 305 g/mol. The normalized spacial score (nSPS) is 18.9. The number of hydrogen-bond donors (Lipinski definition) is 1. The van der Waals surface area contributed by atoms with Crippen LogP contribution in [0.1, 0.15) is 35.3 Å². The highest BCUT2D eigenvalue weighted by atomic mass is 35.5. The Morgan fingerprint density at radius 3 is 2.57 bits per heavy atom. The molecule has 0 spiro atoms. The van der Waals surface area contributed by atoms with Gasteiger partial charge in [-0.05, 0) is 42.3 Å². The first-order valence-corrected chi connectivity index (χ1v) is 7.24. The highest BCUT2D eigenvalue weighted by molar-refractivity contribution is 6.30. The molecule has 0 saturated heterocycles. The number of aliphatic hydroxyl groups is 1. The van der Waals surface area contributed by atoms with Gasteiger partial charge < -0.3 is 5.11 Å². The van der Waals surface area contributed by atoms with E-state index in [9.17, 15) is 5.11 Å². The van der Waals surface area contributed by atoms with Crippen LogP contribution in [-0.4, -0.2) is 17.1 Å². The monoisotopic (exact) mass is 323 g/mol. The van der Waals surface area contributed by atoms with Crippen molar-refractivity contribution in [2.24, 2.45) is 0 Å². The Morgan fingerprint density at radius 1 is 1.19 bits per heavy atom. The molecule has 1 heterocycles. The predicted molar refractivity (Wildman–Crippen MR) is 88.9 cm³/mol. The van der Waals surface area contributed by atoms with Gasteiger partial charge in [-0.1, -0.05) is 48.0 Å². The minimum absolute atomic E-state index is 0. The molecule has 0 saturated carbocycles. The molecule has 2 aromatic carbocycles. The number of halogens is 2. The second-order valence-corrected chi connectivity index (χ2v) is 5.87. The van der Waals surface area contributed by atoms with Gasteiger partial charge in [-0.25, -0.2) is 0 Å². The van der Waals surface area contributed by atoms with Crippen LogP contribution in [0.25, 0.3) is 0 Å². The summed E-state index contributed by atoms with van der Waals surface area (Å²) in [6.07, 6.45) is 0.237. The number of benzene rings is 2. The van der Waals surface area contributed by atoms with Crippen molar-refractivity contribution in [3.05, 3.63) is 70.2 Å². The zero-order valence-corrected chi connectivity index (χ0v) is 13.4. The van der Waals surface area contributed by atoms with Gasteiger partial charge in [0.05, 0.1) is 6.10 Å². The van der Waals surface area contributed by atoms with E-state index in [1.165, 1.54) is 11.1 Å². The maximum atomic E-state index is 10.4. The summed E-state index contributed by atoms with van der Waals surface area (Å²) in [5.41, 5.74) is 3.62. The second kappa shape index (κ2) is 6.80. The van der Waals surface area contributed by atoms with E-state index in [0.717, 1.165) is 12.1 Å². The van der Waals surface area contributed by atoms with Crippen LogP contribution < -0.4 is 0 Å². The molecule has 0 unspecified atom stereocenters. The van der Waals surface area contributed by atoms with Crippen molar-refractivity contribution in [1.29, 1.82) is 0 Å². The van der Waals surface area contributed by atoms with Crippen LogP contribution in [-0.2, 0) is 6.54 Å². The lowest BCUT2D eigenvalue weighted by Crippen LogP contribution is -2.19. The Morgan fingerprint density at radius 2 is 1.86 bits per heavy atom. The first-order valence-electron chi connectivity index (χ1n) is 6.86. The minimum atomic E-state index is -0.467. The second-order valence-electron chi connectivity index (χ2n) is 5.43. The summed E-state index contributed by atoms with van der Waals surface area (Å²) >= 11 is 5.89. The molecule has 1 aliphatic heterocycles. The Kier molecular flexibility index (Phi) is 5.28. The fourth-order valence-corrected chi connectivity index (χ4v) is 3.08. The van der Waals surface area contributed by atoms with Crippen LogP contribution in [0.3, 0.4) is 0 Å². The molecule has 1 aliphatic rings. The molecule has 4 heteroatoms. The summed E-state index contributed by atoms with van der Waals surface area (Å²) in [7, 11) is 2.11. The largest absolute Gasteiger partial charge is 0.388 e. The lowest BCUT2D eigenvalue weighted by molar-refractivity contribution is 0.120. The summed E-state index contributed by atoms with van der Waals surface area (Å²) in [6, 6.07) is 16.2. The summed E-state index contributed by atoms with van der Waals surface area (Å²) in [5, 5.41) is 11.1. The van der Waals surface area contributed by atoms with E-state index >= 15 is 0 Å². The average Bonchev–Trinajstić information content (AvgIpc) is 2.76. The van der Waals surface area contributed by atoms with E-state index in [2.05, 4.69) is 36.2 Å². The van der Waals surface area contributed by atoms with Crippen molar-refractivity contribution >= 4 is 24.0 Å². The summed E-state index contributed by atoms with van der Waals surface area (Å²) in [6.45, 7) is 0.953. The third-order valence-corrected chi connectivity index (χ3v) is 4.32. The molecule has 0 aliphatic carbocycles. The number of hydrogen-bond acceptors (Lipinski definition) is 2. The molecular formula is C17H19Cl2NO. The lowest BCUT2D eigenvalue weighted by atomic mass is 9.96. The van der Waals surface area contributed by atoms with E-state index < -0.39 is 6.10 Å². The average molecular weight is 324 g/mol. The topological polar surface area (TPSA) is 23.5 Å². The third kappa shape index (κ3) is 3.41. The van der Waals surface area contributed by atoms with Crippen molar-refractivity contribution in [1.82, 2.24) is 4.90 Å². The molecule has 2 nitrogen and oxygen atoms in total. The maximum absolute atomic E-state index is 10.4. The van der Waals surface area contributed by atoms with Gasteiger partial charge in [0.1, 0.15) is 0 Å².